The van der Waals surface area contributed by atoms with Crippen LogP contribution in [0.25, 0.3) is 11.2 Å². The van der Waals surface area contributed by atoms with Gasteiger partial charge in [-0.25, -0.2) is 15.0 Å². The molecule has 2 aromatic heterocycles. The summed E-state index contributed by atoms with van der Waals surface area (Å²) in [7, 11) is 0. The van der Waals surface area contributed by atoms with Crippen molar-refractivity contribution in [2.75, 3.05) is 6.61 Å². The Bertz CT molecular complexity index is 1300. The molecular formula is C24H24ClN5O4. The maximum atomic E-state index is 6.36. The van der Waals surface area contributed by atoms with E-state index in [4.69, 9.17) is 36.3 Å². The molecule has 0 saturated carbocycles. The molecule has 2 unspecified atom stereocenters. The van der Waals surface area contributed by atoms with Gasteiger partial charge in [0.15, 0.2) is 17.7 Å². The van der Waals surface area contributed by atoms with Gasteiger partial charge in [-0.15, -0.1) is 0 Å². The summed E-state index contributed by atoms with van der Waals surface area (Å²) in [5, 5.41) is 0.585. The standard InChI is InChI=1S/C24H24ClN5O4/c1-24(2)33-20-16(8-7-13-5-3-4-6-14(13)25)32-23(21(20)34-24)30-12-29-18-17(27-11-28-22(18)30)19-15(26)9-10-31-19/h3-6,11-12,15-16,19-21,23H,9-10,26H2,1-2H3/t15?,16-,19?,20-,21-,23-/m1/s1. The monoisotopic (exact) mass is 481 g/mol. The zero-order valence-electron chi connectivity index (χ0n) is 18.7. The number of benzene rings is 1. The molecule has 3 fully saturated rings. The second-order valence-corrected chi connectivity index (χ2v) is 9.50. The molecule has 0 radical (unpaired) electrons. The average molecular weight is 482 g/mol. The van der Waals surface area contributed by atoms with Crippen molar-refractivity contribution >= 4 is 22.8 Å². The number of fused-ring (bicyclic) bond motifs is 2. The number of imidazole rings is 1. The molecule has 5 heterocycles. The number of ether oxygens (including phenoxy) is 4. The summed E-state index contributed by atoms with van der Waals surface area (Å²) in [6, 6.07) is 7.30. The fourth-order valence-electron chi connectivity index (χ4n) is 4.78. The highest BCUT2D eigenvalue weighted by Gasteiger charge is 2.56. The van der Waals surface area contributed by atoms with Gasteiger partial charge >= 0.3 is 0 Å². The van der Waals surface area contributed by atoms with E-state index in [9.17, 15) is 0 Å². The van der Waals surface area contributed by atoms with Crippen LogP contribution in [0.1, 0.15) is 43.9 Å². The minimum atomic E-state index is -0.775. The SMILES string of the molecule is CC1(C)O[C@@H]2[C@H](O1)[C@@H](C#Cc1ccccc1Cl)O[C@H]2n1cnc2c(C3OCCC3N)ncnc21. The largest absolute Gasteiger partial charge is 0.370 e. The van der Waals surface area contributed by atoms with Crippen molar-refractivity contribution in [1.29, 1.82) is 0 Å². The molecule has 2 N–H and O–H groups in total. The van der Waals surface area contributed by atoms with Gasteiger partial charge in [-0.3, -0.25) is 4.57 Å². The molecule has 9 nitrogen and oxygen atoms in total. The van der Waals surface area contributed by atoms with Crippen LogP contribution in [-0.4, -0.2) is 56.3 Å². The van der Waals surface area contributed by atoms with E-state index >= 15 is 0 Å². The summed E-state index contributed by atoms with van der Waals surface area (Å²) in [5.41, 5.74) is 8.89. The van der Waals surface area contributed by atoms with Crippen LogP contribution in [0.4, 0.5) is 0 Å². The molecule has 6 rings (SSSR count). The van der Waals surface area contributed by atoms with Gasteiger partial charge in [0.2, 0.25) is 0 Å². The fraction of sp³-hybridized carbons (Fsp3) is 0.458. The Morgan fingerprint density at radius 3 is 2.76 bits per heavy atom. The van der Waals surface area contributed by atoms with E-state index in [2.05, 4.69) is 26.8 Å². The third-order valence-corrected chi connectivity index (χ3v) is 6.65. The number of nitrogens with two attached hydrogens (primary N) is 1. The first-order valence-electron chi connectivity index (χ1n) is 11.2. The predicted molar refractivity (Wildman–Crippen MR) is 123 cm³/mol. The highest BCUT2D eigenvalue weighted by molar-refractivity contribution is 6.31. The molecule has 3 aliphatic rings. The van der Waals surface area contributed by atoms with Crippen molar-refractivity contribution in [1.82, 2.24) is 19.5 Å². The summed E-state index contributed by atoms with van der Waals surface area (Å²) in [6.07, 6.45) is 1.79. The summed E-state index contributed by atoms with van der Waals surface area (Å²) in [4.78, 5) is 13.5. The van der Waals surface area contributed by atoms with Gasteiger partial charge < -0.3 is 24.7 Å². The Morgan fingerprint density at radius 2 is 1.97 bits per heavy atom. The number of hydrogen-bond acceptors (Lipinski definition) is 8. The van der Waals surface area contributed by atoms with Crippen molar-refractivity contribution in [2.45, 2.75) is 62.7 Å². The highest BCUT2D eigenvalue weighted by Crippen LogP contribution is 2.44. The van der Waals surface area contributed by atoms with Gasteiger partial charge in [0.1, 0.15) is 42.0 Å². The summed E-state index contributed by atoms with van der Waals surface area (Å²) >= 11 is 6.28. The Hall–Kier alpha value is -2.58. The molecule has 0 bridgehead atoms. The lowest BCUT2D eigenvalue weighted by atomic mass is 10.1. The maximum Gasteiger partial charge on any atom is 0.167 e. The second kappa shape index (κ2) is 8.27. The van der Waals surface area contributed by atoms with E-state index in [1.54, 1.807) is 12.4 Å². The van der Waals surface area contributed by atoms with Crippen LogP contribution in [-0.2, 0) is 18.9 Å². The lowest BCUT2D eigenvalue weighted by molar-refractivity contribution is -0.190. The Kier molecular flexibility index (Phi) is 5.33. The smallest absolute Gasteiger partial charge is 0.167 e. The van der Waals surface area contributed by atoms with Gasteiger partial charge in [0.25, 0.3) is 0 Å². The molecule has 0 aliphatic carbocycles. The molecule has 3 aromatic rings. The Balaban J connectivity index is 1.37. The van der Waals surface area contributed by atoms with Crippen LogP contribution in [0.2, 0.25) is 5.02 Å². The number of rotatable bonds is 2. The third kappa shape index (κ3) is 3.67. The molecule has 1 aromatic carbocycles. The molecule has 6 atom stereocenters. The maximum absolute atomic E-state index is 6.36. The summed E-state index contributed by atoms with van der Waals surface area (Å²) in [6.45, 7) is 4.36. The van der Waals surface area contributed by atoms with Crippen molar-refractivity contribution < 1.29 is 18.9 Å². The average Bonchev–Trinajstić information content (AvgIpc) is 3.56. The zero-order chi connectivity index (χ0) is 23.4. The van der Waals surface area contributed by atoms with E-state index in [-0.39, 0.29) is 18.2 Å². The number of hydrogen-bond donors (Lipinski definition) is 1. The fourth-order valence-corrected chi connectivity index (χ4v) is 4.96. The first-order chi connectivity index (χ1) is 16.4. The molecule has 176 valence electrons. The van der Waals surface area contributed by atoms with Gasteiger partial charge in [-0.2, -0.15) is 0 Å². The van der Waals surface area contributed by atoms with Crippen molar-refractivity contribution in [2.24, 2.45) is 5.73 Å². The minimum Gasteiger partial charge on any atom is -0.370 e. The predicted octanol–water partition coefficient (Wildman–Crippen LogP) is 2.74. The van der Waals surface area contributed by atoms with Crippen LogP contribution < -0.4 is 5.73 Å². The van der Waals surface area contributed by atoms with Crippen LogP contribution in [0.3, 0.4) is 0 Å². The number of halogens is 1. The zero-order valence-corrected chi connectivity index (χ0v) is 19.5. The van der Waals surface area contributed by atoms with Crippen LogP contribution in [0.5, 0.6) is 0 Å². The lowest BCUT2D eigenvalue weighted by Crippen LogP contribution is -2.28. The van der Waals surface area contributed by atoms with E-state index < -0.39 is 24.2 Å². The van der Waals surface area contributed by atoms with Gasteiger partial charge in [0, 0.05) is 18.2 Å². The van der Waals surface area contributed by atoms with E-state index in [0.717, 1.165) is 12.0 Å². The molecule has 0 amide bonds. The first kappa shape index (κ1) is 21.9. The van der Waals surface area contributed by atoms with Crippen LogP contribution in [0, 0.1) is 11.8 Å². The van der Waals surface area contributed by atoms with Gasteiger partial charge in [0.05, 0.1) is 11.3 Å². The third-order valence-electron chi connectivity index (χ3n) is 6.32. The van der Waals surface area contributed by atoms with Gasteiger partial charge in [-0.1, -0.05) is 35.6 Å². The van der Waals surface area contributed by atoms with Crippen molar-refractivity contribution in [3.05, 3.63) is 53.2 Å². The quantitative estimate of drug-likeness (QED) is 0.557. The topological polar surface area (TPSA) is 107 Å². The lowest BCUT2D eigenvalue weighted by Gasteiger charge is -2.23. The molecular weight excluding hydrogens is 458 g/mol. The van der Waals surface area contributed by atoms with Crippen LogP contribution >= 0.6 is 11.6 Å². The van der Waals surface area contributed by atoms with Crippen molar-refractivity contribution in [3.63, 3.8) is 0 Å². The first-order valence-corrected chi connectivity index (χ1v) is 11.6. The highest BCUT2D eigenvalue weighted by atomic mass is 35.5. The molecule has 0 spiro atoms. The van der Waals surface area contributed by atoms with Gasteiger partial charge in [-0.05, 0) is 32.4 Å². The molecule has 34 heavy (non-hydrogen) atoms. The van der Waals surface area contributed by atoms with Crippen LogP contribution in [0.15, 0.2) is 36.9 Å². The van der Waals surface area contributed by atoms with Crippen molar-refractivity contribution in [3.8, 4) is 11.8 Å². The van der Waals surface area contributed by atoms with E-state index in [0.29, 0.717) is 28.5 Å². The van der Waals surface area contributed by atoms with E-state index in [1.807, 2.05) is 36.6 Å². The molecule has 10 heteroatoms. The Labute approximate surface area is 201 Å². The van der Waals surface area contributed by atoms with E-state index in [1.165, 1.54) is 6.33 Å². The summed E-state index contributed by atoms with van der Waals surface area (Å²) < 4.78 is 26.4. The second-order valence-electron chi connectivity index (χ2n) is 9.09. The number of aromatic nitrogens is 4. The molecule has 3 saturated heterocycles. The molecule has 3 aliphatic heterocycles. The minimum absolute atomic E-state index is 0.132. The summed E-state index contributed by atoms with van der Waals surface area (Å²) in [5.74, 6) is 5.54. The number of nitrogens with zero attached hydrogens (tertiary/aromatic N) is 4. The normalized spacial score (nSPS) is 32.0. The Morgan fingerprint density at radius 1 is 1.15 bits per heavy atom.